The molecule has 1 aliphatic rings. The van der Waals surface area contributed by atoms with E-state index in [2.05, 4.69) is 21.2 Å². The molecule has 122 valence electrons. The molecule has 0 saturated heterocycles. The molecule has 4 nitrogen and oxygen atoms in total. The van der Waals surface area contributed by atoms with Crippen LogP contribution in [0.25, 0.3) is 10.9 Å². The van der Waals surface area contributed by atoms with E-state index in [1.165, 1.54) is 31.7 Å². The number of fused-ring (bicyclic) bond motifs is 1. The van der Waals surface area contributed by atoms with Gasteiger partial charge < -0.3 is 9.88 Å². The van der Waals surface area contributed by atoms with Crippen LogP contribution in [-0.2, 0) is 11.3 Å². The van der Waals surface area contributed by atoms with E-state index in [1.54, 1.807) is 12.3 Å². The molecule has 0 radical (unpaired) electrons. The summed E-state index contributed by atoms with van der Waals surface area (Å²) in [6.45, 7) is 0.240. The van der Waals surface area contributed by atoms with Crippen molar-refractivity contribution < 1.29 is 4.79 Å². The summed E-state index contributed by atoms with van der Waals surface area (Å²) in [5, 5.41) is 3.79. The lowest BCUT2D eigenvalue weighted by Crippen LogP contribution is -2.36. The molecule has 0 spiro atoms. The molecule has 1 N–H and O–H groups in total. The van der Waals surface area contributed by atoms with Gasteiger partial charge in [-0.1, -0.05) is 41.6 Å². The molecule has 0 atom stereocenters. The summed E-state index contributed by atoms with van der Waals surface area (Å²) in [6.07, 6.45) is 8.77. The number of halogens is 1. The topological polar surface area (TPSA) is 51.1 Å². The fraction of sp³-hybridized carbons (Fsp3) is 0.444. The summed E-state index contributed by atoms with van der Waals surface area (Å²) >= 11 is 3.43. The lowest BCUT2D eigenvalue weighted by Gasteiger charge is -2.17. The first-order valence-corrected chi connectivity index (χ1v) is 9.01. The smallest absolute Gasteiger partial charge is 0.240 e. The number of amides is 1. The maximum atomic E-state index is 12.4. The number of nitrogens with one attached hydrogen (secondary N) is 1. The number of nitrogens with zero attached hydrogens (tertiary/aromatic N) is 1. The number of rotatable bonds is 3. The third-order valence-corrected chi connectivity index (χ3v) is 4.97. The SMILES string of the molecule is O=C(Cn1ccc(=O)c2ccc(Br)cc21)NC1CCCCCC1. The van der Waals surface area contributed by atoms with Crippen molar-refractivity contribution in [1.29, 1.82) is 0 Å². The highest BCUT2D eigenvalue weighted by Gasteiger charge is 2.15. The van der Waals surface area contributed by atoms with Crippen LogP contribution in [0.4, 0.5) is 0 Å². The second kappa shape index (κ2) is 7.30. The molecule has 1 saturated carbocycles. The molecule has 0 aliphatic heterocycles. The summed E-state index contributed by atoms with van der Waals surface area (Å²) < 4.78 is 2.74. The third-order valence-electron chi connectivity index (χ3n) is 4.47. The molecule has 1 aromatic heterocycles. The van der Waals surface area contributed by atoms with Crippen LogP contribution in [-0.4, -0.2) is 16.5 Å². The van der Waals surface area contributed by atoms with Crippen LogP contribution in [0.3, 0.4) is 0 Å². The minimum absolute atomic E-state index is 0.0156. The van der Waals surface area contributed by atoms with Crippen LogP contribution in [0.1, 0.15) is 38.5 Å². The van der Waals surface area contributed by atoms with Crippen LogP contribution < -0.4 is 10.7 Å². The summed E-state index contributed by atoms with van der Waals surface area (Å²) in [5.74, 6) is 0.0156. The van der Waals surface area contributed by atoms with E-state index in [4.69, 9.17) is 0 Å². The van der Waals surface area contributed by atoms with Gasteiger partial charge in [0.15, 0.2) is 5.43 Å². The average Bonchev–Trinajstić information content (AvgIpc) is 2.79. The van der Waals surface area contributed by atoms with Gasteiger partial charge >= 0.3 is 0 Å². The van der Waals surface area contributed by atoms with Crippen molar-refractivity contribution in [3.05, 3.63) is 45.2 Å². The summed E-state index contributed by atoms with van der Waals surface area (Å²) in [7, 11) is 0. The minimum Gasteiger partial charge on any atom is -0.352 e. The molecular weight excluding hydrogens is 356 g/mol. The molecule has 2 aromatic rings. The van der Waals surface area contributed by atoms with Gasteiger partial charge in [0.2, 0.25) is 5.91 Å². The van der Waals surface area contributed by atoms with E-state index in [-0.39, 0.29) is 17.9 Å². The van der Waals surface area contributed by atoms with E-state index in [9.17, 15) is 9.59 Å². The Hall–Kier alpha value is -1.62. The third kappa shape index (κ3) is 4.02. The molecule has 0 bridgehead atoms. The van der Waals surface area contributed by atoms with Crippen LogP contribution in [0.5, 0.6) is 0 Å². The number of pyridine rings is 1. The molecular formula is C18H21BrN2O2. The van der Waals surface area contributed by atoms with Crippen LogP contribution in [0.2, 0.25) is 0 Å². The fourth-order valence-corrected chi connectivity index (χ4v) is 3.62. The van der Waals surface area contributed by atoms with Crippen molar-refractivity contribution >= 4 is 32.7 Å². The Kier molecular flexibility index (Phi) is 5.16. The quantitative estimate of drug-likeness (QED) is 0.831. The highest BCUT2D eigenvalue weighted by molar-refractivity contribution is 9.10. The van der Waals surface area contributed by atoms with Gasteiger partial charge in [0, 0.05) is 28.2 Å². The van der Waals surface area contributed by atoms with Gasteiger partial charge in [0.05, 0.1) is 5.52 Å². The summed E-state index contributed by atoms with van der Waals surface area (Å²) in [5.41, 5.74) is 0.760. The van der Waals surface area contributed by atoms with Crippen molar-refractivity contribution in [2.45, 2.75) is 51.1 Å². The molecule has 1 aromatic carbocycles. The maximum Gasteiger partial charge on any atom is 0.240 e. The highest BCUT2D eigenvalue weighted by Crippen LogP contribution is 2.19. The first-order valence-electron chi connectivity index (χ1n) is 8.21. The molecule has 1 aliphatic carbocycles. The second-order valence-electron chi connectivity index (χ2n) is 6.23. The zero-order valence-corrected chi connectivity index (χ0v) is 14.6. The number of hydrogen-bond acceptors (Lipinski definition) is 2. The van der Waals surface area contributed by atoms with Crippen LogP contribution in [0.15, 0.2) is 39.7 Å². The Morgan fingerprint density at radius 3 is 2.65 bits per heavy atom. The van der Waals surface area contributed by atoms with E-state index in [1.807, 2.05) is 16.7 Å². The molecule has 1 amide bonds. The molecule has 5 heteroatoms. The molecule has 1 heterocycles. The lowest BCUT2D eigenvalue weighted by atomic mass is 10.1. The van der Waals surface area contributed by atoms with Gasteiger partial charge in [-0.15, -0.1) is 0 Å². The van der Waals surface area contributed by atoms with Crippen molar-refractivity contribution in [2.75, 3.05) is 0 Å². The normalized spacial score (nSPS) is 16.2. The monoisotopic (exact) mass is 376 g/mol. The van der Waals surface area contributed by atoms with Crippen LogP contribution in [0, 0.1) is 0 Å². The van der Waals surface area contributed by atoms with Gasteiger partial charge in [0.1, 0.15) is 6.54 Å². The van der Waals surface area contributed by atoms with Gasteiger partial charge in [0.25, 0.3) is 0 Å². The number of carbonyl (C=O) groups is 1. The minimum atomic E-state index is -0.0204. The fourth-order valence-electron chi connectivity index (χ4n) is 3.27. The summed E-state index contributed by atoms with van der Waals surface area (Å²) in [6, 6.07) is 7.34. The second-order valence-corrected chi connectivity index (χ2v) is 7.14. The maximum absolute atomic E-state index is 12.4. The Bertz CT molecular complexity index is 761. The van der Waals surface area contributed by atoms with Gasteiger partial charge in [-0.3, -0.25) is 9.59 Å². The molecule has 0 unspecified atom stereocenters. The van der Waals surface area contributed by atoms with Gasteiger partial charge in [-0.2, -0.15) is 0 Å². The zero-order valence-electron chi connectivity index (χ0n) is 13.1. The number of hydrogen-bond donors (Lipinski definition) is 1. The van der Waals surface area contributed by atoms with Crippen LogP contribution >= 0.6 is 15.9 Å². The van der Waals surface area contributed by atoms with Gasteiger partial charge in [-0.25, -0.2) is 0 Å². The Morgan fingerprint density at radius 2 is 1.91 bits per heavy atom. The first-order chi connectivity index (χ1) is 11.1. The first kappa shape index (κ1) is 16.2. The predicted molar refractivity (Wildman–Crippen MR) is 95.5 cm³/mol. The Morgan fingerprint density at radius 1 is 1.17 bits per heavy atom. The molecule has 1 fully saturated rings. The molecule has 23 heavy (non-hydrogen) atoms. The number of carbonyl (C=O) groups excluding carboxylic acids is 1. The number of benzene rings is 1. The number of aromatic nitrogens is 1. The van der Waals surface area contributed by atoms with E-state index < -0.39 is 0 Å². The standard InChI is InChI=1S/C18H21BrN2O2/c19-13-7-8-15-16(11-13)21(10-9-17(15)22)12-18(23)20-14-5-3-1-2-4-6-14/h7-11,14H,1-6,12H2,(H,20,23). The van der Waals surface area contributed by atoms with E-state index in [0.29, 0.717) is 11.4 Å². The molecule has 3 rings (SSSR count). The average molecular weight is 377 g/mol. The lowest BCUT2D eigenvalue weighted by molar-refractivity contribution is -0.122. The van der Waals surface area contributed by atoms with Crippen molar-refractivity contribution in [3.63, 3.8) is 0 Å². The van der Waals surface area contributed by atoms with Crippen molar-refractivity contribution in [1.82, 2.24) is 9.88 Å². The zero-order chi connectivity index (χ0) is 16.2. The van der Waals surface area contributed by atoms with Gasteiger partial charge in [-0.05, 0) is 31.0 Å². The Labute approximate surface area is 144 Å². The Balaban J connectivity index is 1.78. The van der Waals surface area contributed by atoms with E-state index in [0.717, 1.165) is 22.8 Å². The predicted octanol–water partition coefficient (Wildman–Crippen LogP) is 3.60. The van der Waals surface area contributed by atoms with E-state index >= 15 is 0 Å². The van der Waals surface area contributed by atoms with Crippen molar-refractivity contribution in [3.8, 4) is 0 Å². The summed E-state index contributed by atoms with van der Waals surface area (Å²) in [4.78, 5) is 24.3. The highest BCUT2D eigenvalue weighted by atomic mass is 79.9. The van der Waals surface area contributed by atoms with Crippen molar-refractivity contribution in [2.24, 2.45) is 0 Å². The largest absolute Gasteiger partial charge is 0.352 e.